The predicted molar refractivity (Wildman–Crippen MR) is 111 cm³/mol. The molecule has 0 spiro atoms. The molecule has 7 nitrogen and oxygen atoms in total. The summed E-state index contributed by atoms with van der Waals surface area (Å²) in [7, 11) is 2.19. The Kier molecular flexibility index (Phi) is 5.40. The van der Waals surface area contributed by atoms with E-state index >= 15 is 0 Å². The zero-order valence-corrected chi connectivity index (χ0v) is 16.1. The van der Waals surface area contributed by atoms with Crippen molar-refractivity contribution >= 4 is 22.5 Å². The van der Waals surface area contributed by atoms with Gasteiger partial charge in [0.05, 0.1) is 0 Å². The summed E-state index contributed by atoms with van der Waals surface area (Å²) in [6.45, 7) is 3.98. The van der Waals surface area contributed by atoms with Crippen LogP contribution in [-0.4, -0.2) is 46.5 Å². The highest BCUT2D eigenvalue weighted by molar-refractivity contribution is 5.90. The molecule has 1 aliphatic heterocycles. The van der Waals surface area contributed by atoms with Crippen LogP contribution in [0, 0.1) is 17.2 Å². The van der Waals surface area contributed by atoms with E-state index in [1.165, 1.54) is 25.9 Å². The lowest BCUT2D eigenvalue weighted by Gasteiger charge is -2.29. The van der Waals surface area contributed by atoms with Gasteiger partial charge in [0.15, 0.2) is 0 Å². The number of H-pyrrole nitrogens is 1. The third kappa shape index (κ3) is 4.24. The quantitative estimate of drug-likeness (QED) is 0.613. The fourth-order valence-corrected chi connectivity index (χ4v) is 3.59. The molecule has 3 aromatic rings. The Morgan fingerprint density at radius 3 is 2.86 bits per heavy atom. The average molecular weight is 375 g/mol. The number of aromatic nitrogens is 3. The Labute approximate surface area is 164 Å². The highest BCUT2D eigenvalue weighted by atomic mass is 15.1. The molecule has 0 bridgehead atoms. The summed E-state index contributed by atoms with van der Waals surface area (Å²) < 4.78 is 0. The second-order valence-corrected chi connectivity index (χ2v) is 7.44. The lowest BCUT2D eigenvalue weighted by atomic mass is 9.97. The van der Waals surface area contributed by atoms with E-state index < -0.39 is 0 Å². The van der Waals surface area contributed by atoms with Gasteiger partial charge in [-0.05, 0) is 62.7 Å². The number of nitrogens with zero attached hydrogens (tertiary/aromatic N) is 4. The van der Waals surface area contributed by atoms with Gasteiger partial charge in [-0.25, -0.2) is 9.97 Å². The number of piperidine rings is 1. The standard InChI is InChI=1S/C21H25N7/c1-28-8-5-15(6-9-28)12-25-20-3-2-16(14-26-20)13-24-19-10-17(11-22)27-21-18(19)4-7-23-21/h2-4,7,10,14-15H,5-6,8-9,12-13H2,1H3,(H,25,26)(H2,23,24,27). The maximum atomic E-state index is 9.16. The van der Waals surface area contributed by atoms with Gasteiger partial charge in [0, 0.05) is 36.6 Å². The molecule has 3 aromatic heterocycles. The second kappa shape index (κ2) is 8.28. The minimum absolute atomic E-state index is 0.393. The molecule has 1 aliphatic rings. The molecule has 28 heavy (non-hydrogen) atoms. The number of hydrogen-bond donors (Lipinski definition) is 3. The van der Waals surface area contributed by atoms with Gasteiger partial charge in [-0.15, -0.1) is 0 Å². The molecule has 0 atom stereocenters. The minimum atomic E-state index is 0.393. The first kappa shape index (κ1) is 18.3. The number of pyridine rings is 2. The van der Waals surface area contributed by atoms with Crippen molar-refractivity contribution in [2.45, 2.75) is 19.4 Å². The molecule has 0 saturated carbocycles. The van der Waals surface area contributed by atoms with E-state index in [4.69, 9.17) is 5.26 Å². The summed E-state index contributed by atoms with van der Waals surface area (Å²) in [6, 6.07) is 9.96. The molecule has 7 heteroatoms. The van der Waals surface area contributed by atoms with Crippen molar-refractivity contribution in [3.63, 3.8) is 0 Å². The van der Waals surface area contributed by atoms with Crippen LogP contribution in [0.4, 0.5) is 11.5 Å². The Bertz CT molecular complexity index is 963. The van der Waals surface area contributed by atoms with Gasteiger partial charge in [-0.3, -0.25) is 0 Å². The number of nitrogens with one attached hydrogen (secondary N) is 3. The molecule has 0 radical (unpaired) electrons. The van der Waals surface area contributed by atoms with Gasteiger partial charge in [0.2, 0.25) is 0 Å². The zero-order valence-electron chi connectivity index (χ0n) is 16.1. The molecule has 1 fully saturated rings. The summed E-state index contributed by atoms with van der Waals surface area (Å²) in [4.78, 5) is 14.3. The molecular formula is C21H25N7. The van der Waals surface area contributed by atoms with Crippen molar-refractivity contribution in [1.29, 1.82) is 5.26 Å². The predicted octanol–water partition coefficient (Wildman–Crippen LogP) is 3.20. The molecule has 4 rings (SSSR count). The van der Waals surface area contributed by atoms with Crippen LogP contribution < -0.4 is 10.6 Å². The van der Waals surface area contributed by atoms with Crippen molar-refractivity contribution in [2.24, 2.45) is 5.92 Å². The van der Waals surface area contributed by atoms with Crippen molar-refractivity contribution in [3.05, 3.63) is 47.9 Å². The Morgan fingerprint density at radius 2 is 2.11 bits per heavy atom. The van der Waals surface area contributed by atoms with Crippen molar-refractivity contribution in [3.8, 4) is 6.07 Å². The first-order chi connectivity index (χ1) is 13.7. The third-order valence-corrected chi connectivity index (χ3v) is 5.36. The number of fused-ring (bicyclic) bond motifs is 1. The SMILES string of the molecule is CN1CCC(CNc2ccc(CNc3cc(C#N)nc4[nH]ccc34)cn2)CC1. The number of hydrogen-bond acceptors (Lipinski definition) is 6. The van der Waals surface area contributed by atoms with Crippen LogP contribution in [0.25, 0.3) is 11.0 Å². The van der Waals surface area contributed by atoms with Crippen molar-refractivity contribution < 1.29 is 0 Å². The largest absolute Gasteiger partial charge is 0.380 e. The summed E-state index contributed by atoms with van der Waals surface area (Å²) >= 11 is 0. The Hall–Kier alpha value is -3.11. The highest BCUT2D eigenvalue weighted by Crippen LogP contribution is 2.23. The molecule has 144 valence electrons. The maximum Gasteiger partial charge on any atom is 0.145 e. The van der Waals surface area contributed by atoms with Gasteiger partial charge in [-0.2, -0.15) is 5.26 Å². The van der Waals surface area contributed by atoms with Gasteiger partial charge in [-0.1, -0.05) is 6.07 Å². The van der Waals surface area contributed by atoms with E-state index in [1.807, 2.05) is 24.5 Å². The fourth-order valence-electron chi connectivity index (χ4n) is 3.59. The van der Waals surface area contributed by atoms with Gasteiger partial charge < -0.3 is 20.5 Å². The van der Waals surface area contributed by atoms with Crippen LogP contribution in [0.1, 0.15) is 24.1 Å². The number of likely N-dealkylation sites (tertiary alicyclic amines) is 1. The van der Waals surface area contributed by atoms with Crippen LogP contribution in [-0.2, 0) is 6.54 Å². The molecule has 3 N–H and O–H groups in total. The topological polar surface area (TPSA) is 92.7 Å². The summed E-state index contributed by atoms with van der Waals surface area (Å²) in [6.07, 6.45) is 6.21. The van der Waals surface area contributed by atoms with E-state index in [1.54, 1.807) is 6.07 Å². The summed E-state index contributed by atoms with van der Waals surface area (Å²) in [5.41, 5.74) is 3.09. The fraction of sp³-hybridized carbons (Fsp3) is 0.381. The first-order valence-corrected chi connectivity index (χ1v) is 9.71. The molecule has 0 aromatic carbocycles. The van der Waals surface area contributed by atoms with E-state index in [-0.39, 0.29) is 0 Å². The molecule has 4 heterocycles. The van der Waals surface area contributed by atoms with Crippen LogP contribution in [0.5, 0.6) is 0 Å². The maximum absolute atomic E-state index is 9.16. The lowest BCUT2D eigenvalue weighted by molar-refractivity contribution is 0.226. The monoisotopic (exact) mass is 375 g/mol. The molecular weight excluding hydrogens is 350 g/mol. The number of rotatable bonds is 6. The zero-order chi connectivity index (χ0) is 19.3. The van der Waals surface area contributed by atoms with Crippen molar-refractivity contribution in [1.82, 2.24) is 19.9 Å². The van der Waals surface area contributed by atoms with E-state index in [9.17, 15) is 0 Å². The Morgan fingerprint density at radius 1 is 1.25 bits per heavy atom. The highest BCUT2D eigenvalue weighted by Gasteiger charge is 2.16. The van der Waals surface area contributed by atoms with Crippen LogP contribution >= 0.6 is 0 Å². The number of anilines is 2. The smallest absolute Gasteiger partial charge is 0.145 e. The van der Waals surface area contributed by atoms with Gasteiger partial charge in [0.1, 0.15) is 23.2 Å². The Balaban J connectivity index is 1.34. The normalized spacial score (nSPS) is 15.4. The van der Waals surface area contributed by atoms with E-state index in [0.717, 1.165) is 34.9 Å². The van der Waals surface area contributed by atoms with Gasteiger partial charge in [0.25, 0.3) is 0 Å². The lowest BCUT2D eigenvalue weighted by Crippen LogP contribution is -2.33. The second-order valence-electron chi connectivity index (χ2n) is 7.44. The number of aromatic amines is 1. The van der Waals surface area contributed by atoms with Crippen LogP contribution in [0.15, 0.2) is 36.7 Å². The van der Waals surface area contributed by atoms with E-state index in [0.29, 0.717) is 17.9 Å². The minimum Gasteiger partial charge on any atom is -0.380 e. The van der Waals surface area contributed by atoms with Crippen molar-refractivity contribution in [2.75, 3.05) is 37.3 Å². The summed E-state index contributed by atoms with van der Waals surface area (Å²) in [5, 5.41) is 17.0. The van der Waals surface area contributed by atoms with Crippen LogP contribution in [0.3, 0.4) is 0 Å². The summed E-state index contributed by atoms with van der Waals surface area (Å²) in [5.74, 6) is 1.65. The molecule has 1 saturated heterocycles. The first-order valence-electron chi connectivity index (χ1n) is 9.71. The van der Waals surface area contributed by atoms with E-state index in [2.05, 4.69) is 49.7 Å². The molecule has 0 unspecified atom stereocenters. The van der Waals surface area contributed by atoms with Gasteiger partial charge >= 0.3 is 0 Å². The third-order valence-electron chi connectivity index (χ3n) is 5.36. The van der Waals surface area contributed by atoms with Crippen LogP contribution in [0.2, 0.25) is 0 Å². The number of nitriles is 1. The molecule has 0 aliphatic carbocycles. The molecule has 0 amide bonds. The average Bonchev–Trinajstić information content (AvgIpc) is 3.21.